The van der Waals surface area contributed by atoms with Gasteiger partial charge < -0.3 is 15.0 Å². The fraction of sp³-hybridized carbons (Fsp3) is 0.538. The molecule has 1 aromatic rings. The summed E-state index contributed by atoms with van der Waals surface area (Å²) < 4.78 is 5.27. The Balaban J connectivity index is 2.01. The predicted molar refractivity (Wildman–Crippen MR) is 66.5 cm³/mol. The summed E-state index contributed by atoms with van der Waals surface area (Å²) in [4.78, 5) is 2.55. The second kappa shape index (κ2) is 3.89. The molecule has 0 aliphatic carbocycles. The molecule has 86 valence electrons. The number of fused-ring (bicyclic) bond motifs is 3. The molecule has 1 N–H and O–H groups in total. The van der Waals surface area contributed by atoms with Crippen molar-refractivity contribution in [1.29, 1.82) is 0 Å². The summed E-state index contributed by atoms with van der Waals surface area (Å²) in [5.74, 6) is 0.934. The molecule has 2 aliphatic rings. The van der Waals surface area contributed by atoms with Crippen molar-refractivity contribution in [2.45, 2.75) is 25.3 Å². The van der Waals surface area contributed by atoms with E-state index in [2.05, 4.69) is 28.4 Å². The first-order valence-electron chi connectivity index (χ1n) is 6.07. The van der Waals surface area contributed by atoms with E-state index in [4.69, 9.17) is 4.74 Å². The summed E-state index contributed by atoms with van der Waals surface area (Å²) in [5.41, 5.74) is 2.57. The van der Waals surface area contributed by atoms with E-state index in [-0.39, 0.29) is 0 Å². The van der Waals surface area contributed by atoms with Crippen LogP contribution in [-0.2, 0) is 0 Å². The van der Waals surface area contributed by atoms with Crippen LogP contribution in [0.15, 0.2) is 18.2 Å². The van der Waals surface area contributed by atoms with E-state index < -0.39 is 0 Å². The van der Waals surface area contributed by atoms with Gasteiger partial charge in [-0.2, -0.15) is 0 Å². The molecule has 0 saturated carbocycles. The molecular weight excluding hydrogens is 200 g/mol. The quantitative estimate of drug-likeness (QED) is 0.783. The van der Waals surface area contributed by atoms with Gasteiger partial charge in [0.15, 0.2) is 0 Å². The van der Waals surface area contributed by atoms with Gasteiger partial charge in [-0.1, -0.05) is 0 Å². The second-order valence-electron chi connectivity index (χ2n) is 4.59. The van der Waals surface area contributed by atoms with Gasteiger partial charge in [-0.05, 0) is 31.4 Å². The monoisotopic (exact) mass is 218 g/mol. The van der Waals surface area contributed by atoms with Crippen LogP contribution < -0.4 is 15.0 Å². The SMILES string of the molecule is COc1ccc2c(c1)NCCC1CCCN21. The van der Waals surface area contributed by atoms with Gasteiger partial charge in [0.2, 0.25) is 0 Å². The maximum absolute atomic E-state index is 5.27. The Bertz CT molecular complexity index is 392. The van der Waals surface area contributed by atoms with Crippen molar-refractivity contribution in [1.82, 2.24) is 0 Å². The molecule has 0 amide bonds. The lowest BCUT2D eigenvalue weighted by Gasteiger charge is -2.25. The first-order valence-corrected chi connectivity index (χ1v) is 6.07. The van der Waals surface area contributed by atoms with Gasteiger partial charge in [0.05, 0.1) is 18.5 Å². The molecule has 0 radical (unpaired) electrons. The Kier molecular flexibility index (Phi) is 2.39. The molecule has 0 spiro atoms. The number of benzene rings is 1. The predicted octanol–water partition coefficient (Wildman–Crippen LogP) is 2.48. The van der Waals surface area contributed by atoms with E-state index in [0.29, 0.717) is 0 Å². The third-order valence-electron chi connectivity index (χ3n) is 3.68. The summed E-state index contributed by atoms with van der Waals surface area (Å²) in [6.45, 7) is 2.27. The molecule has 2 heterocycles. The summed E-state index contributed by atoms with van der Waals surface area (Å²) in [6, 6.07) is 7.09. The van der Waals surface area contributed by atoms with Crippen LogP contribution in [0.4, 0.5) is 11.4 Å². The van der Waals surface area contributed by atoms with Crippen molar-refractivity contribution in [3.63, 3.8) is 0 Å². The van der Waals surface area contributed by atoms with Crippen LogP contribution in [0, 0.1) is 0 Å². The molecule has 16 heavy (non-hydrogen) atoms. The molecule has 1 fully saturated rings. The van der Waals surface area contributed by atoms with Gasteiger partial charge in [0.25, 0.3) is 0 Å². The summed E-state index contributed by atoms with van der Waals surface area (Å²) in [5, 5.41) is 3.51. The third kappa shape index (κ3) is 1.51. The van der Waals surface area contributed by atoms with Crippen molar-refractivity contribution >= 4 is 11.4 Å². The highest BCUT2D eigenvalue weighted by Gasteiger charge is 2.28. The Morgan fingerprint density at radius 1 is 1.38 bits per heavy atom. The number of ether oxygens (including phenoxy) is 1. The molecule has 3 heteroatoms. The van der Waals surface area contributed by atoms with E-state index in [9.17, 15) is 0 Å². The van der Waals surface area contributed by atoms with Gasteiger partial charge in [0.1, 0.15) is 5.75 Å². The highest BCUT2D eigenvalue weighted by Crippen LogP contribution is 2.37. The number of rotatable bonds is 1. The largest absolute Gasteiger partial charge is 0.497 e. The topological polar surface area (TPSA) is 24.5 Å². The molecule has 1 unspecified atom stereocenters. The van der Waals surface area contributed by atoms with Crippen LogP contribution in [0.3, 0.4) is 0 Å². The number of hydrogen-bond acceptors (Lipinski definition) is 3. The first-order chi connectivity index (χ1) is 7.88. The van der Waals surface area contributed by atoms with E-state index >= 15 is 0 Å². The molecule has 2 aliphatic heterocycles. The zero-order valence-electron chi connectivity index (χ0n) is 9.70. The zero-order valence-corrected chi connectivity index (χ0v) is 9.70. The molecule has 1 aromatic carbocycles. The lowest BCUT2D eigenvalue weighted by atomic mass is 10.1. The van der Waals surface area contributed by atoms with Crippen molar-refractivity contribution in [2.75, 3.05) is 30.4 Å². The molecule has 1 atom stereocenters. The van der Waals surface area contributed by atoms with Crippen LogP contribution in [0.2, 0.25) is 0 Å². The van der Waals surface area contributed by atoms with E-state index in [0.717, 1.165) is 18.3 Å². The molecule has 3 nitrogen and oxygen atoms in total. The van der Waals surface area contributed by atoms with Gasteiger partial charge >= 0.3 is 0 Å². The maximum atomic E-state index is 5.27. The Labute approximate surface area is 96.4 Å². The van der Waals surface area contributed by atoms with E-state index in [1.54, 1.807) is 7.11 Å². The highest BCUT2D eigenvalue weighted by molar-refractivity contribution is 5.73. The highest BCUT2D eigenvalue weighted by atomic mass is 16.5. The molecule has 3 rings (SSSR count). The normalized spacial score (nSPS) is 23.1. The number of hydrogen-bond donors (Lipinski definition) is 1. The van der Waals surface area contributed by atoms with Crippen LogP contribution >= 0.6 is 0 Å². The first kappa shape index (κ1) is 9.82. The number of nitrogens with one attached hydrogen (secondary N) is 1. The van der Waals surface area contributed by atoms with Crippen molar-refractivity contribution in [2.24, 2.45) is 0 Å². The number of nitrogens with zero attached hydrogens (tertiary/aromatic N) is 1. The molecule has 1 saturated heterocycles. The lowest BCUT2D eigenvalue weighted by Crippen LogP contribution is -2.28. The zero-order chi connectivity index (χ0) is 11.0. The van der Waals surface area contributed by atoms with Gasteiger partial charge in [-0.25, -0.2) is 0 Å². The molecule has 0 bridgehead atoms. The van der Waals surface area contributed by atoms with E-state index in [1.807, 2.05) is 0 Å². The van der Waals surface area contributed by atoms with Crippen LogP contribution in [0.5, 0.6) is 5.75 Å². The summed E-state index contributed by atoms with van der Waals surface area (Å²) in [6.07, 6.45) is 3.92. The smallest absolute Gasteiger partial charge is 0.121 e. The third-order valence-corrected chi connectivity index (χ3v) is 3.68. The summed E-state index contributed by atoms with van der Waals surface area (Å²) in [7, 11) is 1.72. The standard InChI is InChI=1S/C13H18N2O/c1-16-11-4-5-13-12(9-11)14-7-6-10-3-2-8-15(10)13/h4-5,9-10,14H,2-3,6-8H2,1H3. The van der Waals surface area contributed by atoms with Crippen molar-refractivity contribution in [3.8, 4) is 5.75 Å². The minimum absolute atomic E-state index is 0.738. The van der Waals surface area contributed by atoms with Gasteiger partial charge in [0, 0.05) is 25.2 Å². The average Bonchev–Trinajstić information content (AvgIpc) is 2.71. The molecule has 0 aromatic heterocycles. The Hall–Kier alpha value is -1.38. The van der Waals surface area contributed by atoms with Crippen LogP contribution in [0.25, 0.3) is 0 Å². The van der Waals surface area contributed by atoms with Gasteiger partial charge in [-0.15, -0.1) is 0 Å². The maximum Gasteiger partial charge on any atom is 0.121 e. The molecular formula is C13H18N2O. The summed E-state index contributed by atoms with van der Waals surface area (Å²) >= 11 is 0. The van der Waals surface area contributed by atoms with Crippen LogP contribution in [0.1, 0.15) is 19.3 Å². The Morgan fingerprint density at radius 3 is 3.19 bits per heavy atom. The minimum atomic E-state index is 0.738. The van der Waals surface area contributed by atoms with Crippen molar-refractivity contribution < 1.29 is 4.74 Å². The lowest BCUT2D eigenvalue weighted by molar-refractivity contribution is 0.415. The van der Waals surface area contributed by atoms with Crippen LogP contribution in [-0.4, -0.2) is 26.2 Å². The van der Waals surface area contributed by atoms with E-state index in [1.165, 1.54) is 37.2 Å². The number of methoxy groups -OCH3 is 1. The fourth-order valence-electron chi connectivity index (χ4n) is 2.86. The Morgan fingerprint density at radius 2 is 2.31 bits per heavy atom. The van der Waals surface area contributed by atoms with Gasteiger partial charge in [-0.3, -0.25) is 0 Å². The minimum Gasteiger partial charge on any atom is -0.497 e. The van der Waals surface area contributed by atoms with Crippen molar-refractivity contribution in [3.05, 3.63) is 18.2 Å². The number of anilines is 2. The second-order valence-corrected chi connectivity index (χ2v) is 4.59. The fourth-order valence-corrected chi connectivity index (χ4v) is 2.86. The average molecular weight is 218 g/mol.